The smallest absolute Gasteiger partial charge is 0.339 e. The van der Waals surface area contributed by atoms with Crippen LogP contribution in [0.2, 0.25) is 0 Å². The highest BCUT2D eigenvalue weighted by atomic mass is 32.1. The zero-order valence-corrected chi connectivity index (χ0v) is 17.2. The lowest BCUT2D eigenvalue weighted by molar-refractivity contribution is 0.0600. The first-order valence-electron chi connectivity index (χ1n) is 9.24. The van der Waals surface area contributed by atoms with E-state index in [1.54, 1.807) is 23.2 Å². The van der Waals surface area contributed by atoms with Gasteiger partial charge in [-0.1, -0.05) is 12.1 Å². The summed E-state index contributed by atoms with van der Waals surface area (Å²) in [6.45, 7) is 0.297. The molecule has 2 heterocycles. The van der Waals surface area contributed by atoms with Gasteiger partial charge in [-0.3, -0.25) is 4.68 Å². The van der Waals surface area contributed by atoms with Crippen LogP contribution in [-0.4, -0.2) is 22.9 Å². The largest absolute Gasteiger partial charge is 0.465 e. The van der Waals surface area contributed by atoms with Crippen LogP contribution in [0.25, 0.3) is 22.0 Å². The lowest BCUT2D eigenvalue weighted by atomic mass is 10.00. The summed E-state index contributed by atoms with van der Waals surface area (Å²) in [6, 6.07) is 9.84. The van der Waals surface area contributed by atoms with Crippen LogP contribution in [0.1, 0.15) is 20.8 Å². The lowest BCUT2D eigenvalue weighted by Gasteiger charge is -2.10. The van der Waals surface area contributed by atoms with Gasteiger partial charge in [-0.15, -0.1) is 11.3 Å². The number of nitrogens with zero attached hydrogens (tertiary/aromatic N) is 2. The maximum Gasteiger partial charge on any atom is 0.339 e. The molecule has 0 saturated carbocycles. The number of hydrogen-bond acceptors (Lipinski definition) is 5. The summed E-state index contributed by atoms with van der Waals surface area (Å²) in [5.74, 6) is -1.69. The molecule has 4 rings (SSSR count). The number of esters is 1. The molecule has 30 heavy (non-hydrogen) atoms. The molecular formula is C22H19F2N3O2S. The maximum absolute atomic E-state index is 14.8. The van der Waals surface area contributed by atoms with Gasteiger partial charge in [-0.2, -0.15) is 5.10 Å². The number of nitrogens with one attached hydrogen (secondary N) is 1. The van der Waals surface area contributed by atoms with Crippen molar-refractivity contribution in [3.8, 4) is 11.1 Å². The van der Waals surface area contributed by atoms with Gasteiger partial charge in [0.05, 0.1) is 18.2 Å². The van der Waals surface area contributed by atoms with Crippen LogP contribution in [0.15, 0.2) is 48.0 Å². The van der Waals surface area contributed by atoms with Gasteiger partial charge in [0, 0.05) is 42.2 Å². The summed E-state index contributed by atoms with van der Waals surface area (Å²) in [5, 5.41) is 9.95. The van der Waals surface area contributed by atoms with Gasteiger partial charge in [0.2, 0.25) is 0 Å². The Labute approximate surface area is 175 Å². The predicted molar refractivity (Wildman–Crippen MR) is 112 cm³/mol. The average Bonchev–Trinajstić information content (AvgIpc) is 3.34. The fraction of sp³-hybridized carbons (Fsp3) is 0.182. The zero-order chi connectivity index (χ0) is 21.3. The summed E-state index contributed by atoms with van der Waals surface area (Å²) < 4.78 is 35.9. The highest BCUT2D eigenvalue weighted by molar-refractivity contribution is 7.10. The summed E-state index contributed by atoms with van der Waals surface area (Å²) in [6.07, 6.45) is 1.83. The second-order valence-corrected chi connectivity index (χ2v) is 7.81. The summed E-state index contributed by atoms with van der Waals surface area (Å²) in [7, 11) is 3.12. The molecule has 154 valence electrons. The third kappa shape index (κ3) is 3.83. The van der Waals surface area contributed by atoms with Crippen LogP contribution >= 0.6 is 11.3 Å². The highest BCUT2D eigenvalue weighted by Gasteiger charge is 2.16. The second-order valence-electron chi connectivity index (χ2n) is 6.81. The van der Waals surface area contributed by atoms with E-state index in [0.29, 0.717) is 17.7 Å². The highest BCUT2D eigenvalue weighted by Crippen LogP contribution is 2.30. The van der Waals surface area contributed by atoms with Crippen molar-refractivity contribution in [2.45, 2.75) is 13.1 Å². The monoisotopic (exact) mass is 427 g/mol. The van der Waals surface area contributed by atoms with Gasteiger partial charge >= 0.3 is 5.97 Å². The quantitative estimate of drug-likeness (QED) is 0.455. The molecule has 0 aliphatic heterocycles. The van der Waals surface area contributed by atoms with Crippen molar-refractivity contribution in [1.82, 2.24) is 15.1 Å². The molecule has 0 aliphatic rings. The number of fused-ring (bicyclic) bond motifs is 1. The van der Waals surface area contributed by atoms with Crippen molar-refractivity contribution >= 4 is 28.2 Å². The molecule has 0 spiro atoms. The van der Waals surface area contributed by atoms with E-state index in [2.05, 4.69) is 10.4 Å². The van der Waals surface area contributed by atoms with E-state index in [9.17, 15) is 13.6 Å². The van der Waals surface area contributed by atoms with E-state index < -0.39 is 17.6 Å². The van der Waals surface area contributed by atoms with Crippen LogP contribution in [0.3, 0.4) is 0 Å². The number of ether oxygens (including phenoxy) is 1. The molecule has 0 amide bonds. The van der Waals surface area contributed by atoms with Crippen LogP contribution in [0.5, 0.6) is 0 Å². The molecule has 8 heteroatoms. The Bertz CT molecular complexity index is 1210. The van der Waals surface area contributed by atoms with Crippen molar-refractivity contribution in [2.75, 3.05) is 7.11 Å². The molecule has 0 unspecified atom stereocenters. The Hall–Kier alpha value is -3.10. The first-order valence-corrected chi connectivity index (χ1v) is 10.1. The zero-order valence-electron chi connectivity index (χ0n) is 16.4. The Morgan fingerprint density at radius 3 is 2.70 bits per heavy atom. The van der Waals surface area contributed by atoms with E-state index in [4.69, 9.17) is 4.74 Å². The number of carbonyl (C=O) groups excluding carboxylic acids is 1. The molecule has 0 atom stereocenters. The molecule has 0 fully saturated rings. The summed E-state index contributed by atoms with van der Waals surface area (Å²) in [4.78, 5) is 12.5. The third-order valence-electron chi connectivity index (χ3n) is 4.85. The van der Waals surface area contributed by atoms with Crippen LogP contribution in [-0.2, 0) is 24.9 Å². The summed E-state index contributed by atoms with van der Waals surface area (Å²) in [5.41, 5.74) is 2.35. The minimum Gasteiger partial charge on any atom is -0.465 e. The van der Waals surface area contributed by atoms with Crippen LogP contribution < -0.4 is 5.32 Å². The second kappa shape index (κ2) is 8.33. The minimum absolute atomic E-state index is 0.00640. The van der Waals surface area contributed by atoms with Crippen molar-refractivity contribution in [3.63, 3.8) is 0 Å². The molecule has 4 aromatic rings. The van der Waals surface area contributed by atoms with Crippen molar-refractivity contribution in [3.05, 3.63) is 75.6 Å². The Morgan fingerprint density at radius 1 is 1.20 bits per heavy atom. The Morgan fingerprint density at radius 2 is 1.97 bits per heavy atom. The molecular weight excluding hydrogens is 408 g/mol. The van der Waals surface area contributed by atoms with E-state index in [0.717, 1.165) is 21.3 Å². The fourth-order valence-electron chi connectivity index (χ4n) is 3.41. The SMILES string of the molecule is COC(=O)c1ccsc1CNCc1c(F)cc(-c2cccc3nn(C)cc23)cc1F. The molecule has 0 saturated heterocycles. The van der Waals surface area contributed by atoms with Gasteiger partial charge < -0.3 is 10.1 Å². The minimum atomic E-state index is -0.627. The lowest BCUT2D eigenvalue weighted by Crippen LogP contribution is -2.16. The van der Waals surface area contributed by atoms with Gasteiger partial charge in [0.25, 0.3) is 0 Å². The first kappa shape index (κ1) is 20.2. The van der Waals surface area contributed by atoms with E-state index >= 15 is 0 Å². The van der Waals surface area contributed by atoms with E-state index in [1.165, 1.54) is 30.6 Å². The van der Waals surface area contributed by atoms with Crippen molar-refractivity contribution in [1.29, 1.82) is 0 Å². The first-order chi connectivity index (χ1) is 14.5. The van der Waals surface area contributed by atoms with E-state index in [1.807, 2.05) is 24.4 Å². The topological polar surface area (TPSA) is 56.1 Å². The molecule has 2 aromatic carbocycles. The maximum atomic E-state index is 14.8. The predicted octanol–water partition coefficient (Wildman–Crippen LogP) is 4.66. The molecule has 1 N–H and O–H groups in total. The Balaban J connectivity index is 1.55. The average molecular weight is 427 g/mol. The van der Waals surface area contributed by atoms with Gasteiger partial charge in [0.1, 0.15) is 11.6 Å². The molecule has 2 aromatic heterocycles. The Kier molecular flexibility index (Phi) is 5.61. The molecule has 0 aliphatic carbocycles. The summed E-state index contributed by atoms with van der Waals surface area (Å²) >= 11 is 1.38. The van der Waals surface area contributed by atoms with Gasteiger partial charge in [-0.25, -0.2) is 13.6 Å². The normalized spacial score (nSPS) is 11.2. The van der Waals surface area contributed by atoms with Crippen molar-refractivity contribution in [2.24, 2.45) is 7.05 Å². The number of methoxy groups -OCH3 is 1. The molecule has 5 nitrogen and oxygen atoms in total. The molecule has 0 radical (unpaired) electrons. The number of halogens is 2. The van der Waals surface area contributed by atoms with Crippen LogP contribution in [0, 0.1) is 11.6 Å². The molecule has 0 bridgehead atoms. The number of rotatable bonds is 6. The van der Waals surface area contributed by atoms with Gasteiger partial charge in [0.15, 0.2) is 0 Å². The standard InChI is InChI=1S/C22H19F2N3O2S/c1-27-12-17-14(4-3-5-20(17)26-27)13-8-18(23)16(19(24)9-13)10-25-11-21-15(6-7-30-21)22(28)29-2/h3-9,12,25H,10-11H2,1-2H3. The number of thiophene rings is 1. The van der Waals surface area contributed by atoms with Gasteiger partial charge in [-0.05, 0) is 40.8 Å². The van der Waals surface area contributed by atoms with Crippen molar-refractivity contribution < 1.29 is 18.3 Å². The number of hydrogen-bond donors (Lipinski definition) is 1. The number of aryl methyl sites for hydroxylation is 1. The number of benzene rings is 2. The van der Waals surface area contributed by atoms with E-state index in [-0.39, 0.29) is 12.1 Å². The number of carbonyl (C=O) groups is 1. The third-order valence-corrected chi connectivity index (χ3v) is 5.78. The number of aromatic nitrogens is 2. The van der Waals surface area contributed by atoms with Crippen LogP contribution in [0.4, 0.5) is 8.78 Å². The fourth-order valence-corrected chi connectivity index (χ4v) is 4.24.